The third kappa shape index (κ3) is 5.39. The summed E-state index contributed by atoms with van der Waals surface area (Å²) in [6.07, 6.45) is 3.32. The van der Waals surface area contributed by atoms with E-state index in [1.54, 1.807) is 18.6 Å². The van der Waals surface area contributed by atoms with Gasteiger partial charge >= 0.3 is 0 Å². The minimum absolute atomic E-state index is 0.426. The van der Waals surface area contributed by atoms with Crippen LogP contribution >= 0.6 is 34.2 Å². The van der Waals surface area contributed by atoms with Crippen molar-refractivity contribution >= 4 is 46.2 Å². The molecule has 0 aliphatic heterocycles. The van der Waals surface area contributed by atoms with Gasteiger partial charge in [0.25, 0.3) is 0 Å². The Hall–Kier alpha value is -0.360. The van der Waals surface area contributed by atoms with Crippen molar-refractivity contribution in [1.82, 2.24) is 9.88 Å². The van der Waals surface area contributed by atoms with Crippen LogP contribution < -0.4 is 0 Å². The van der Waals surface area contributed by atoms with Crippen LogP contribution in [0.15, 0.2) is 23.3 Å². The smallest absolute Gasteiger partial charge is 0.154 e. The molecule has 0 aliphatic rings. The molecule has 5 heteroatoms. The fourth-order valence-corrected chi connectivity index (χ4v) is 0.820. The molecule has 0 amide bonds. The summed E-state index contributed by atoms with van der Waals surface area (Å²) in [7, 11) is 3.79. The van der Waals surface area contributed by atoms with Crippen LogP contribution in [0, 0.1) is 0 Å². The van der Waals surface area contributed by atoms with Gasteiger partial charge in [0.2, 0.25) is 0 Å². The predicted molar refractivity (Wildman–Crippen MR) is 71.0 cm³/mol. The first-order valence-corrected chi connectivity index (χ1v) is 6.42. The lowest BCUT2D eigenvalue weighted by Gasteiger charge is -2.02. The van der Waals surface area contributed by atoms with E-state index in [0.29, 0.717) is 10.8 Å². The van der Waals surface area contributed by atoms with E-state index >= 15 is 0 Å². The second-order valence-electron chi connectivity index (χ2n) is 2.52. The van der Waals surface area contributed by atoms with E-state index in [2.05, 4.69) is 32.6 Å². The third-order valence-corrected chi connectivity index (χ3v) is 1.46. The molecular weight excluding hydrogens is 312 g/mol. The molecular formula is C9H13ClIN3. The molecule has 0 radical (unpaired) electrons. The van der Waals surface area contributed by atoms with Crippen LogP contribution in [0.2, 0.25) is 5.15 Å². The van der Waals surface area contributed by atoms with Gasteiger partial charge in [0.15, 0.2) is 5.15 Å². The monoisotopic (exact) mass is 325 g/mol. The highest BCUT2D eigenvalue weighted by molar-refractivity contribution is 14.1. The predicted octanol–water partition coefficient (Wildman–Crippen LogP) is 3.01. The molecule has 0 saturated carbocycles. The van der Waals surface area contributed by atoms with Gasteiger partial charge in [0.05, 0.1) is 6.34 Å². The Labute approximate surface area is 103 Å². The summed E-state index contributed by atoms with van der Waals surface area (Å²) in [6.45, 7) is 0. The Morgan fingerprint density at radius 3 is 2.64 bits per heavy atom. The summed E-state index contributed by atoms with van der Waals surface area (Å²) in [5, 5.41) is 0.426. The molecule has 1 heterocycles. The maximum Gasteiger partial charge on any atom is 0.154 e. The molecule has 0 N–H and O–H groups in total. The van der Waals surface area contributed by atoms with Crippen molar-refractivity contribution in [1.29, 1.82) is 0 Å². The molecule has 0 spiro atoms. The number of aliphatic imine (C=N–C) groups is 1. The van der Waals surface area contributed by atoms with Crippen LogP contribution in [-0.2, 0) is 0 Å². The Morgan fingerprint density at radius 1 is 1.50 bits per heavy atom. The topological polar surface area (TPSA) is 28.5 Å². The molecule has 78 valence electrons. The third-order valence-electron chi connectivity index (χ3n) is 1.17. The first kappa shape index (κ1) is 13.6. The maximum atomic E-state index is 5.76. The van der Waals surface area contributed by atoms with Gasteiger partial charge in [-0.1, -0.05) is 34.2 Å². The van der Waals surface area contributed by atoms with Crippen molar-refractivity contribution in [3.05, 3.63) is 23.5 Å². The molecule has 14 heavy (non-hydrogen) atoms. The number of alkyl halides is 1. The van der Waals surface area contributed by atoms with E-state index in [1.807, 2.05) is 30.0 Å². The number of hydrogen-bond acceptors (Lipinski definition) is 2. The SMILES string of the molecule is CI.CN(C)C=Nc1cccnc1Cl. The van der Waals surface area contributed by atoms with Crippen molar-refractivity contribution in [2.24, 2.45) is 4.99 Å². The van der Waals surface area contributed by atoms with Gasteiger partial charge in [-0.05, 0) is 17.1 Å². The number of hydrogen-bond donors (Lipinski definition) is 0. The molecule has 0 aromatic carbocycles. The lowest BCUT2D eigenvalue weighted by molar-refractivity contribution is 0.643. The molecule has 0 aliphatic carbocycles. The van der Waals surface area contributed by atoms with Crippen molar-refractivity contribution < 1.29 is 0 Å². The van der Waals surface area contributed by atoms with E-state index in [1.165, 1.54) is 0 Å². The number of pyridine rings is 1. The number of nitrogens with zero attached hydrogens (tertiary/aromatic N) is 3. The fourth-order valence-electron chi connectivity index (χ4n) is 0.652. The molecule has 1 aromatic rings. The lowest BCUT2D eigenvalue weighted by atomic mass is 10.4. The van der Waals surface area contributed by atoms with Crippen LogP contribution in [0.1, 0.15) is 0 Å². The van der Waals surface area contributed by atoms with E-state index in [9.17, 15) is 0 Å². The number of halogens is 2. The Morgan fingerprint density at radius 2 is 2.14 bits per heavy atom. The average Bonchev–Trinajstić information content (AvgIpc) is 2.19. The molecule has 1 aromatic heterocycles. The summed E-state index contributed by atoms with van der Waals surface area (Å²) < 4.78 is 0. The van der Waals surface area contributed by atoms with Crippen LogP contribution in [0.3, 0.4) is 0 Å². The van der Waals surface area contributed by atoms with Crippen molar-refractivity contribution in [3.8, 4) is 0 Å². The van der Waals surface area contributed by atoms with E-state index in [4.69, 9.17) is 11.6 Å². The molecule has 3 nitrogen and oxygen atoms in total. The number of aromatic nitrogens is 1. The van der Waals surface area contributed by atoms with Gasteiger partial charge in [0.1, 0.15) is 5.69 Å². The first-order valence-electron chi connectivity index (χ1n) is 3.89. The van der Waals surface area contributed by atoms with Gasteiger partial charge in [-0.2, -0.15) is 0 Å². The Balaban J connectivity index is 0.000000791. The maximum absolute atomic E-state index is 5.76. The van der Waals surface area contributed by atoms with Gasteiger partial charge in [0, 0.05) is 20.3 Å². The minimum atomic E-state index is 0.426. The van der Waals surface area contributed by atoms with Crippen LogP contribution in [-0.4, -0.2) is 35.2 Å². The summed E-state index contributed by atoms with van der Waals surface area (Å²) >= 11 is 7.91. The highest BCUT2D eigenvalue weighted by Gasteiger charge is 1.95. The minimum Gasteiger partial charge on any atom is -0.369 e. The normalized spacial score (nSPS) is 9.50. The molecule has 0 fully saturated rings. The van der Waals surface area contributed by atoms with Crippen LogP contribution in [0.25, 0.3) is 0 Å². The summed E-state index contributed by atoms with van der Waals surface area (Å²) in [5.41, 5.74) is 0.688. The Bertz CT molecular complexity index is 289. The summed E-state index contributed by atoms with van der Waals surface area (Å²) in [5.74, 6) is 0. The zero-order chi connectivity index (χ0) is 11.0. The zero-order valence-electron chi connectivity index (χ0n) is 8.41. The lowest BCUT2D eigenvalue weighted by Crippen LogP contribution is -2.06. The quantitative estimate of drug-likeness (QED) is 0.275. The second-order valence-corrected chi connectivity index (χ2v) is 2.88. The first-order chi connectivity index (χ1) is 6.70. The number of rotatable bonds is 2. The van der Waals surface area contributed by atoms with Gasteiger partial charge < -0.3 is 4.90 Å². The largest absolute Gasteiger partial charge is 0.369 e. The van der Waals surface area contributed by atoms with E-state index in [-0.39, 0.29) is 0 Å². The van der Waals surface area contributed by atoms with E-state index in [0.717, 1.165) is 0 Å². The van der Waals surface area contributed by atoms with Gasteiger partial charge in [-0.25, -0.2) is 9.98 Å². The van der Waals surface area contributed by atoms with Gasteiger partial charge in [-0.15, -0.1) is 0 Å². The van der Waals surface area contributed by atoms with Crippen molar-refractivity contribution in [2.45, 2.75) is 0 Å². The van der Waals surface area contributed by atoms with Gasteiger partial charge in [-0.3, -0.25) is 0 Å². The molecule has 0 saturated heterocycles. The Kier molecular flexibility index (Phi) is 7.78. The van der Waals surface area contributed by atoms with Crippen molar-refractivity contribution in [2.75, 3.05) is 19.0 Å². The average molecular weight is 326 g/mol. The van der Waals surface area contributed by atoms with Crippen LogP contribution in [0.4, 0.5) is 5.69 Å². The molecule has 0 atom stereocenters. The molecule has 0 unspecified atom stereocenters. The highest BCUT2D eigenvalue weighted by atomic mass is 127. The zero-order valence-corrected chi connectivity index (χ0v) is 11.3. The van der Waals surface area contributed by atoms with Crippen LogP contribution in [0.5, 0.6) is 0 Å². The highest BCUT2D eigenvalue weighted by Crippen LogP contribution is 2.20. The fraction of sp³-hybridized carbons (Fsp3) is 0.333. The van der Waals surface area contributed by atoms with E-state index < -0.39 is 0 Å². The summed E-state index contributed by atoms with van der Waals surface area (Å²) in [6, 6.07) is 3.61. The second kappa shape index (κ2) is 7.99. The standard InChI is InChI=1S/C8H10ClN3.CH3I/c1-12(2)6-11-7-4-3-5-10-8(7)9;1-2/h3-6H,1-2H3;1H3. The summed E-state index contributed by atoms with van der Waals surface area (Å²) in [4.78, 5) is 11.8. The molecule has 0 bridgehead atoms. The molecule has 1 rings (SSSR count). The van der Waals surface area contributed by atoms with Crippen molar-refractivity contribution in [3.63, 3.8) is 0 Å².